The van der Waals surface area contributed by atoms with Crippen molar-refractivity contribution >= 4 is 11.6 Å². The lowest BCUT2D eigenvalue weighted by molar-refractivity contribution is -0.120. The van der Waals surface area contributed by atoms with Gasteiger partial charge in [-0.25, -0.2) is 0 Å². The Balaban J connectivity index is 1.55. The number of aryl methyl sites for hydroxylation is 1. The molecule has 4 rings (SSSR count). The number of pyridine rings is 1. The molecule has 0 radical (unpaired) electrons. The number of aromatic nitrogens is 1. The van der Waals surface area contributed by atoms with Crippen LogP contribution in [0.1, 0.15) is 119 Å². The zero-order valence-electron chi connectivity index (χ0n) is 17.6. The van der Waals surface area contributed by atoms with E-state index in [1.54, 1.807) is 0 Å². The van der Waals surface area contributed by atoms with E-state index in [-0.39, 0.29) is 11.8 Å². The van der Waals surface area contributed by atoms with Gasteiger partial charge in [-0.1, -0.05) is 64.2 Å². The van der Waals surface area contributed by atoms with Gasteiger partial charge in [0.1, 0.15) is 0 Å². The third kappa shape index (κ3) is 4.78. The van der Waals surface area contributed by atoms with Gasteiger partial charge in [-0.2, -0.15) is 0 Å². The van der Waals surface area contributed by atoms with Gasteiger partial charge in [-0.3, -0.25) is 9.78 Å². The lowest BCUT2D eigenvalue weighted by Crippen LogP contribution is -2.24. The number of nitrogens with one attached hydrogen (secondary N) is 1. The number of hydrogen-bond donors (Lipinski definition) is 1. The summed E-state index contributed by atoms with van der Waals surface area (Å²) >= 11 is 0. The van der Waals surface area contributed by atoms with E-state index in [1.165, 1.54) is 100 Å². The Morgan fingerprint density at radius 2 is 1.39 bits per heavy atom. The summed E-state index contributed by atoms with van der Waals surface area (Å²) in [6, 6.07) is 0. The second-order valence-corrected chi connectivity index (χ2v) is 9.44. The van der Waals surface area contributed by atoms with Gasteiger partial charge >= 0.3 is 0 Å². The molecule has 3 nitrogen and oxygen atoms in total. The summed E-state index contributed by atoms with van der Waals surface area (Å²) in [6.07, 6.45) is 23.2. The van der Waals surface area contributed by atoms with Crippen LogP contribution in [0.5, 0.6) is 0 Å². The average molecular weight is 383 g/mol. The summed E-state index contributed by atoms with van der Waals surface area (Å²) in [6.45, 7) is 0. The molecule has 0 unspecified atom stereocenters. The second-order valence-electron chi connectivity index (χ2n) is 9.44. The molecule has 1 amide bonds. The number of fused-ring (bicyclic) bond motifs is 1. The average Bonchev–Trinajstić information content (AvgIpc) is 3.09. The van der Waals surface area contributed by atoms with Crippen molar-refractivity contribution in [3.63, 3.8) is 0 Å². The summed E-state index contributed by atoms with van der Waals surface area (Å²) in [5, 5.41) is 3.39. The predicted octanol–water partition coefficient (Wildman–Crippen LogP) is 6.70. The van der Waals surface area contributed by atoms with Crippen molar-refractivity contribution in [1.82, 2.24) is 4.98 Å². The zero-order valence-corrected chi connectivity index (χ0v) is 17.6. The van der Waals surface area contributed by atoms with Crippen LogP contribution >= 0.6 is 0 Å². The minimum atomic E-state index is 0.188. The molecule has 0 spiro atoms. The minimum Gasteiger partial charge on any atom is -0.324 e. The third-order valence-electron chi connectivity index (χ3n) is 7.40. The quantitative estimate of drug-likeness (QED) is 0.591. The standard InChI is InChI=1S/C25H38N2O/c28-25(20-14-9-3-1-2-4-10-15-20)27-23-18-26-22-17-11-16-21(22)24(23)19-12-7-5-6-8-13-19/h18-20H,1-17H2,(H,27,28). The van der Waals surface area contributed by atoms with Crippen LogP contribution < -0.4 is 5.32 Å². The number of rotatable bonds is 3. The lowest BCUT2D eigenvalue weighted by atomic mass is 9.86. The maximum atomic E-state index is 13.2. The topological polar surface area (TPSA) is 42.0 Å². The fourth-order valence-corrected chi connectivity index (χ4v) is 5.80. The number of carbonyl (C=O) groups is 1. The van der Waals surface area contributed by atoms with Crippen molar-refractivity contribution in [2.24, 2.45) is 5.92 Å². The molecule has 1 heterocycles. The molecule has 154 valence electrons. The number of anilines is 1. The molecule has 1 aromatic heterocycles. The molecule has 2 fully saturated rings. The SMILES string of the molecule is O=C(Nc1cnc2c(c1C1CCCCCC1)CCC2)C1CCCCCCCC1. The van der Waals surface area contributed by atoms with Gasteiger partial charge in [0, 0.05) is 11.6 Å². The molecule has 0 aromatic carbocycles. The number of carbonyl (C=O) groups excluding carboxylic acids is 1. The highest BCUT2D eigenvalue weighted by Crippen LogP contribution is 2.41. The predicted molar refractivity (Wildman–Crippen MR) is 116 cm³/mol. The van der Waals surface area contributed by atoms with Crippen molar-refractivity contribution in [3.05, 3.63) is 23.0 Å². The first-order valence-electron chi connectivity index (χ1n) is 12.1. The number of amides is 1. The summed E-state index contributed by atoms with van der Waals surface area (Å²) in [4.78, 5) is 18.0. The van der Waals surface area contributed by atoms with Crippen molar-refractivity contribution in [2.45, 2.75) is 115 Å². The van der Waals surface area contributed by atoms with Gasteiger partial charge in [0.05, 0.1) is 11.9 Å². The van der Waals surface area contributed by atoms with E-state index in [0.717, 1.165) is 31.4 Å². The molecule has 0 atom stereocenters. The van der Waals surface area contributed by atoms with Crippen LogP contribution in [0.2, 0.25) is 0 Å². The molecule has 3 aliphatic carbocycles. The second kappa shape index (κ2) is 9.89. The van der Waals surface area contributed by atoms with Crippen LogP contribution in [-0.4, -0.2) is 10.9 Å². The van der Waals surface area contributed by atoms with E-state index >= 15 is 0 Å². The Morgan fingerprint density at radius 3 is 2.07 bits per heavy atom. The Hall–Kier alpha value is -1.38. The van der Waals surface area contributed by atoms with Gasteiger partial charge in [-0.05, 0) is 62.0 Å². The Morgan fingerprint density at radius 1 is 0.786 bits per heavy atom. The highest BCUT2D eigenvalue weighted by atomic mass is 16.1. The monoisotopic (exact) mass is 382 g/mol. The van der Waals surface area contributed by atoms with E-state index in [2.05, 4.69) is 5.32 Å². The van der Waals surface area contributed by atoms with Crippen LogP contribution in [0, 0.1) is 5.92 Å². The van der Waals surface area contributed by atoms with Crippen molar-refractivity contribution in [1.29, 1.82) is 0 Å². The third-order valence-corrected chi connectivity index (χ3v) is 7.40. The Kier molecular flexibility index (Phi) is 7.04. The maximum absolute atomic E-state index is 13.2. The van der Waals surface area contributed by atoms with Crippen LogP contribution in [0.15, 0.2) is 6.20 Å². The van der Waals surface area contributed by atoms with Crippen LogP contribution in [-0.2, 0) is 17.6 Å². The van der Waals surface area contributed by atoms with Crippen LogP contribution in [0.4, 0.5) is 5.69 Å². The largest absolute Gasteiger partial charge is 0.324 e. The molecule has 0 aliphatic heterocycles. The Labute approximate surface area is 171 Å². The van der Waals surface area contributed by atoms with Gasteiger partial charge in [0.2, 0.25) is 5.91 Å². The van der Waals surface area contributed by atoms with Gasteiger partial charge in [0.25, 0.3) is 0 Å². The first kappa shape index (κ1) is 19.9. The van der Waals surface area contributed by atoms with Gasteiger partial charge in [0.15, 0.2) is 0 Å². The number of hydrogen-bond acceptors (Lipinski definition) is 2. The van der Waals surface area contributed by atoms with Gasteiger partial charge in [-0.15, -0.1) is 0 Å². The molecule has 0 saturated heterocycles. The van der Waals surface area contributed by atoms with Gasteiger partial charge < -0.3 is 5.32 Å². The molecule has 1 N–H and O–H groups in total. The normalized spacial score (nSPS) is 22.6. The van der Waals surface area contributed by atoms with Crippen LogP contribution in [0.3, 0.4) is 0 Å². The lowest BCUT2D eigenvalue weighted by Gasteiger charge is -2.24. The maximum Gasteiger partial charge on any atom is 0.227 e. The van der Waals surface area contributed by atoms with Crippen LogP contribution in [0.25, 0.3) is 0 Å². The molecular formula is C25H38N2O. The molecule has 3 aliphatic rings. The van der Waals surface area contributed by atoms with E-state index in [1.807, 2.05) is 6.20 Å². The fraction of sp³-hybridized carbons (Fsp3) is 0.760. The highest BCUT2D eigenvalue weighted by molar-refractivity contribution is 5.93. The molecule has 1 aromatic rings. The molecule has 2 saturated carbocycles. The first-order valence-corrected chi connectivity index (χ1v) is 12.1. The molecule has 28 heavy (non-hydrogen) atoms. The fourth-order valence-electron chi connectivity index (χ4n) is 5.80. The first-order chi connectivity index (χ1) is 13.8. The van der Waals surface area contributed by atoms with Crippen molar-refractivity contribution in [2.75, 3.05) is 5.32 Å². The van der Waals surface area contributed by atoms with Crippen molar-refractivity contribution in [3.8, 4) is 0 Å². The summed E-state index contributed by atoms with van der Waals surface area (Å²) in [5.74, 6) is 1.07. The van der Waals surface area contributed by atoms with Crippen molar-refractivity contribution < 1.29 is 4.79 Å². The highest BCUT2D eigenvalue weighted by Gasteiger charge is 2.28. The summed E-state index contributed by atoms with van der Waals surface area (Å²) < 4.78 is 0. The Bertz CT molecular complexity index is 651. The van der Waals surface area contributed by atoms with E-state index in [4.69, 9.17) is 4.98 Å². The number of nitrogens with zero attached hydrogens (tertiary/aromatic N) is 1. The molecule has 0 bridgehead atoms. The van der Waals surface area contributed by atoms with E-state index in [0.29, 0.717) is 5.92 Å². The summed E-state index contributed by atoms with van der Waals surface area (Å²) in [5.41, 5.74) is 5.32. The molecular weight excluding hydrogens is 344 g/mol. The summed E-state index contributed by atoms with van der Waals surface area (Å²) in [7, 11) is 0. The van der Waals surface area contributed by atoms with E-state index in [9.17, 15) is 4.79 Å². The molecule has 3 heteroatoms. The zero-order chi connectivity index (χ0) is 19.2. The smallest absolute Gasteiger partial charge is 0.227 e. The van der Waals surface area contributed by atoms with E-state index < -0.39 is 0 Å². The minimum absolute atomic E-state index is 0.188.